The van der Waals surface area contributed by atoms with Gasteiger partial charge in [-0.25, -0.2) is 0 Å². The lowest BCUT2D eigenvalue weighted by Gasteiger charge is -2.13. The number of hydrogen-bond acceptors (Lipinski definition) is 4. The first-order chi connectivity index (χ1) is 18.1. The zero-order valence-corrected chi connectivity index (χ0v) is 21.3. The van der Waals surface area contributed by atoms with Crippen LogP contribution in [0.15, 0.2) is 101 Å². The van der Waals surface area contributed by atoms with E-state index < -0.39 is 0 Å². The second-order valence-corrected chi connectivity index (χ2v) is 10.4. The van der Waals surface area contributed by atoms with E-state index in [1.165, 1.54) is 0 Å². The van der Waals surface area contributed by atoms with Gasteiger partial charge in [-0.2, -0.15) is 0 Å². The second kappa shape index (κ2) is 10.7. The molecule has 1 aliphatic rings. The summed E-state index contributed by atoms with van der Waals surface area (Å²) in [7, 11) is 1.24. The number of benzene rings is 4. The van der Waals surface area contributed by atoms with Gasteiger partial charge < -0.3 is 20.1 Å². The summed E-state index contributed by atoms with van der Waals surface area (Å²) >= 11 is 0. The molecule has 7 heteroatoms. The average Bonchev–Trinajstić information content (AvgIpc) is 3.05. The summed E-state index contributed by atoms with van der Waals surface area (Å²) < 4.78 is 11.1. The number of fused-ring (bicyclic) bond motifs is 2. The van der Waals surface area contributed by atoms with E-state index in [9.17, 15) is 9.59 Å². The van der Waals surface area contributed by atoms with Crippen LogP contribution < -0.4 is 20.1 Å². The molecule has 186 valence electrons. The number of methoxy groups -OCH3 is 1. The van der Waals surface area contributed by atoms with E-state index >= 15 is 0 Å². The van der Waals surface area contributed by atoms with Crippen molar-refractivity contribution in [2.75, 3.05) is 12.4 Å². The third-order valence-electron chi connectivity index (χ3n) is 5.98. The van der Waals surface area contributed by atoms with Crippen LogP contribution in [0.1, 0.15) is 33.2 Å². The molecular weight excluding hydrogens is 484 g/mol. The smallest absolute Gasteiger partial charge is 0.256 e. The van der Waals surface area contributed by atoms with Crippen molar-refractivity contribution in [2.24, 2.45) is 0 Å². The molecule has 0 radical (unpaired) electrons. The van der Waals surface area contributed by atoms with Gasteiger partial charge in [0.15, 0.2) is 0 Å². The predicted molar refractivity (Wildman–Crippen MR) is 147 cm³/mol. The third kappa shape index (κ3) is 5.27. The molecule has 0 fully saturated rings. The minimum atomic E-state index is -0.377. The fourth-order valence-corrected chi connectivity index (χ4v) is 6.08. The molecule has 1 aliphatic heterocycles. The van der Waals surface area contributed by atoms with E-state index in [2.05, 4.69) is 16.0 Å². The number of carbonyl (C=O) groups is 2. The van der Waals surface area contributed by atoms with Gasteiger partial charge in [0.2, 0.25) is 0 Å². The van der Waals surface area contributed by atoms with E-state index in [1.54, 1.807) is 19.2 Å². The first kappa shape index (κ1) is 24.3. The van der Waals surface area contributed by atoms with Crippen LogP contribution in [0.2, 0.25) is 0 Å². The molecule has 37 heavy (non-hydrogen) atoms. The largest absolute Gasteiger partial charge is 0.497 e. The molecule has 1 atom stereocenters. The highest BCUT2D eigenvalue weighted by atomic mass is 32.2. The van der Waals surface area contributed by atoms with Crippen LogP contribution in [0.3, 0.4) is 0 Å². The molecule has 0 aromatic heterocycles. The van der Waals surface area contributed by atoms with Crippen molar-refractivity contribution in [2.45, 2.75) is 23.3 Å². The Hall–Kier alpha value is -4.36. The van der Waals surface area contributed by atoms with Gasteiger partial charge >= 0.3 is 0 Å². The molecule has 6 nitrogen and oxygen atoms in total. The maximum atomic E-state index is 13.0. The van der Waals surface area contributed by atoms with Gasteiger partial charge in [0, 0.05) is 21.9 Å². The SMILES string of the molecule is C/C=S1/c2ccc(C(=O)NCc3cccc(Oc4ccc(OC)cc4)c3)cc2NC(=O)c2ccccc21. The lowest BCUT2D eigenvalue weighted by molar-refractivity contribution is 0.0949. The number of anilines is 1. The molecule has 2 N–H and O–H groups in total. The molecule has 4 aromatic rings. The van der Waals surface area contributed by atoms with E-state index in [0.29, 0.717) is 34.9 Å². The zero-order chi connectivity index (χ0) is 25.8. The average molecular weight is 511 g/mol. The Bertz CT molecular complexity index is 1510. The zero-order valence-electron chi connectivity index (χ0n) is 20.5. The Labute approximate surface area is 218 Å². The van der Waals surface area contributed by atoms with E-state index in [4.69, 9.17) is 9.47 Å². The molecule has 0 saturated heterocycles. The molecule has 1 unspecified atom stereocenters. The van der Waals surface area contributed by atoms with Crippen molar-refractivity contribution < 1.29 is 19.1 Å². The molecular formula is C30H26N2O4S. The van der Waals surface area contributed by atoms with Gasteiger partial charge in [-0.15, -0.1) is 10.5 Å². The van der Waals surface area contributed by atoms with Crippen LogP contribution in [0.4, 0.5) is 5.69 Å². The van der Waals surface area contributed by atoms with Gasteiger partial charge in [-0.1, -0.05) is 29.6 Å². The Kier molecular flexibility index (Phi) is 7.05. The van der Waals surface area contributed by atoms with Crippen molar-refractivity contribution in [1.29, 1.82) is 0 Å². The summed E-state index contributed by atoms with van der Waals surface area (Å²) in [5.41, 5.74) is 2.70. The molecule has 0 saturated carbocycles. The Balaban J connectivity index is 1.30. The van der Waals surface area contributed by atoms with Crippen molar-refractivity contribution >= 4 is 33.4 Å². The van der Waals surface area contributed by atoms with Gasteiger partial charge in [0.1, 0.15) is 17.2 Å². The van der Waals surface area contributed by atoms with E-state index in [1.807, 2.05) is 85.8 Å². The van der Waals surface area contributed by atoms with Crippen molar-refractivity contribution in [3.05, 3.63) is 108 Å². The van der Waals surface area contributed by atoms with E-state index in [-0.39, 0.29) is 22.3 Å². The minimum Gasteiger partial charge on any atom is -0.497 e. The molecule has 0 spiro atoms. The standard InChI is InChI=1S/C30H26N2O4S/c1-3-37-27-10-5-4-9-25(27)30(34)32-26-18-21(11-16-28(26)37)29(33)31-19-20-7-6-8-24(17-20)36-23-14-12-22(35-2)13-15-23/h3-18H,19H2,1-2H3,(H,31,33)(H,32,34). The number of ether oxygens (including phenoxy) is 2. The molecule has 2 amide bonds. The summed E-state index contributed by atoms with van der Waals surface area (Å²) in [4.78, 5) is 27.9. The summed E-state index contributed by atoms with van der Waals surface area (Å²) in [5, 5.41) is 8.06. The summed E-state index contributed by atoms with van der Waals surface area (Å²) in [5.74, 6) is 1.74. The minimum absolute atomic E-state index is 0.167. The third-order valence-corrected chi connectivity index (χ3v) is 8.11. The number of hydrogen-bond donors (Lipinski definition) is 2. The first-order valence-electron chi connectivity index (χ1n) is 11.8. The Morgan fingerprint density at radius 2 is 1.68 bits per heavy atom. The number of nitrogens with one attached hydrogen (secondary N) is 2. The second-order valence-electron chi connectivity index (χ2n) is 8.34. The Morgan fingerprint density at radius 3 is 2.46 bits per heavy atom. The maximum Gasteiger partial charge on any atom is 0.256 e. The highest BCUT2D eigenvalue weighted by Crippen LogP contribution is 2.44. The normalized spacial score (nSPS) is 14.1. The summed E-state index contributed by atoms with van der Waals surface area (Å²) in [6.45, 7) is 2.33. The van der Waals surface area contributed by atoms with Crippen LogP contribution in [0.25, 0.3) is 0 Å². The maximum absolute atomic E-state index is 13.0. The van der Waals surface area contributed by atoms with Crippen LogP contribution in [0.5, 0.6) is 17.2 Å². The van der Waals surface area contributed by atoms with Gasteiger partial charge in [-0.3, -0.25) is 9.59 Å². The summed E-state index contributed by atoms with van der Waals surface area (Å²) in [6, 6.07) is 28.0. The fourth-order valence-electron chi connectivity index (χ4n) is 4.15. The highest BCUT2D eigenvalue weighted by molar-refractivity contribution is 8.15. The highest BCUT2D eigenvalue weighted by Gasteiger charge is 2.22. The lowest BCUT2D eigenvalue weighted by atomic mass is 10.1. The summed E-state index contributed by atoms with van der Waals surface area (Å²) in [6.07, 6.45) is 0. The van der Waals surface area contributed by atoms with Crippen LogP contribution in [0, 0.1) is 0 Å². The van der Waals surface area contributed by atoms with E-state index in [0.717, 1.165) is 21.1 Å². The quantitative estimate of drug-likeness (QED) is 0.291. The molecule has 5 rings (SSSR count). The molecule has 0 bridgehead atoms. The number of amides is 2. The van der Waals surface area contributed by atoms with Crippen LogP contribution in [-0.4, -0.2) is 24.3 Å². The lowest BCUT2D eigenvalue weighted by Crippen LogP contribution is -2.23. The van der Waals surface area contributed by atoms with Crippen molar-refractivity contribution in [3.63, 3.8) is 0 Å². The van der Waals surface area contributed by atoms with Crippen molar-refractivity contribution in [3.8, 4) is 17.2 Å². The molecule has 0 aliphatic carbocycles. The topological polar surface area (TPSA) is 76.7 Å². The first-order valence-corrected chi connectivity index (χ1v) is 13.1. The predicted octanol–water partition coefficient (Wildman–Crippen LogP) is 6.49. The van der Waals surface area contributed by atoms with Gasteiger partial charge in [-0.05, 0) is 79.2 Å². The number of carbonyl (C=O) groups excluding carboxylic acids is 2. The van der Waals surface area contributed by atoms with Crippen LogP contribution in [-0.2, 0) is 6.54 Å². The molecule has 1 heterocycles. The monoisotopic (exact) mass is 510 g/mol. The molecule has 4 aromatic carbocycles. The number of rotatable bonds is 6. The van der Waals surface area contributed by atoms with Crippen LogP contribution >= 0.6 is 10.5 Å². The Morgan fingerprint density at radius 1 is 0.892 bits per heavy atom. The van der Waals surface area contributed by atoms with Gasteiger partial charge in [0.25, 0.3) is 11.8 Å². The fraction of sp³-hybridized carbons (Fsp3) is 0.100. The van der Waals surface area contributed by atoms with Gasteiger partial charge in [0.05, 0.1) is 18.4 Å². The van der Waals surface area contributed by atoms with Crippen molar-refractivity contribution in [1.82, 2.24) is 5.32 Å².